The Balaban J connectivity index is 0.971. The van der Waals surface area contributed by atoms with Crippen molar-refractivity contribution >= 4 is 81.1 Å². The van der Waals surface area contributed by atoms with Crippen molar-refractivity contribution < 1.29 is 0 Å². The van der Waals surface area contributed by atoms with E-state index in [4.69, 9.17) is 0 Å². The van der Waals surface area contributed by atoms with Gasteiger partial charge in [-0.2, -0.15) is 0 Å². The summed E-state index contributed by atoms with van der Waals surface area (Å²) in [5, 5.41) is 7.61. The lowest BCUT2D eigenvalue weighted by Gasteiger charge is -2.28. The van der Waals surface area contributed by atoms with Crippen LogP contribution in [0.1, 0.15) is 0 Å². The van der Waals surface area contributed by atoms with Gasteiger partial charge in [-0.3, -0.25) is 0 Å². The zero-order valence-corrected chi connectivity index (χ0v) is 34.1. The predicted molar refractivity (Wildman–Crippen MR) is 262 cm³/mol. The maximum atomic E-state index is 2.41. The van der Waals surface area contributed by atoms with Crippen molar-refractivity contribution in [1.82, 2.24) is 4.57 Å². The summed E-state index contributed by atoms with van der Waals surface area (Å²) < 4.78 is 5.03. The molecule has 0 amide bonds. The summed E-state index contributed by atoms with van der Waals surface area (Å²) in [6, 6.07) is 84.2. The minimum Gasteiger partial charge on any atom is -0.310 e. The van der Waals surface area contributed by atoms with Gasteiger partial charge in [0, 0.05) is 53.6 Å². The van der Waals surface area contributed by atoms with Crippen LogP contribution in [0.15, 0.2) is 231 Å². The predicted octanol–water partition coefficient (Wildman–Crippen LogP) is 16.8. The van der Waals surface area contributed by atoms with E-state index in [9.17, 15) is 0 Å². The van der Waals surface area contributed by atoms with Crippen LogP contribution in [-0.2, 0) is 0 Å². The van der Waals surface area contributed by atoms with Crippen molar-refractivity contribution in [3.63, 3.8) is 0 Å². The second-order valence-electron chi connectivity index (χ2n) is 15.7. The summed E-state index contributed by atoms with van der Waals surface area (Å²) in [6.45, 7) is 0. The molecule has 0 aliphatic carbocycles. The van der Waals surface area contributed by atoms with Crippen LogP contribution in [0.25, 0.3) is 91.8 Å². The maximum absolute atomic E-state index is 2.41. The molecule has 0 bridgehead atoms. The minimum absolute atomic E-state index is 1.09. The molecule has 0 unspecified atom stereocenters. The number of hydrogen-bond donors (Lipinski definition) is 0. The van der Waals surface area contributed by atoms with Crippen LogP contribution >= 0.6 is 11.3 Å². The molecule has 0 aliphatic heterocycles. The standard InChI is InChI=1S/C58H38N2S/c1-2-14-46(15-3-1)60-55-20-10-7-17-50(55)51-34-28-44(38-56(51)60)41-26-32-48(33-27-41)59(54-19-9-6-16-49(54)45-23-22-39-12-4-5-13-42(39)36-45)47-30-24-40(25-31-47)43-29-35-58-53(37-43)52-18-8-11-21-57(52)61-58/h1-38H. The first-order valence-corrected chi connectivity index (χ1v) is 21.6. The SMILES string of the molecule is c1ccc(-n2c3ccccc3c3ccc(-c4ccc(N(c5ccc(-c6ccc7sc8ccccc8c7c6)cc5)c5ccccc5-c5ccc6ccccc6c5)cc4)cc32)cc1. The molecule has 3 heteroatoms. The lowest BCUT2D eigenvalue weighted by molar-refractivity contribution is 1.18. The van der Waals surface area contributed by atoms with Crippen LogP contribution in [0.4, 0.5) is 17.1 Å². The van der Waals surface area contributed by atoms with Gasteiger partial charge in [-0.15, -0.1) is 11.3 Å². The summed E-state index contributed by atoms with van der Waals surface area (Å²) in [7, 11) is 0. The van der Waals surface area contributed by atoms with E-state index in [1.165, 1.54) is 86.1 Å². The van der Waals surface area contributed by atoms with Crippen LogP contribution in [0.3, 0.4) is 0 Å². The Bertz CT molecular complexity index is 3580. The Morgan fingerprint density at radius 3 is 1.70 bits per heavy atom. The third-order valence-electron chi connectivity index (χ3n) is 12.2. The number of fused-ring (bicyclic) bond motifs is 7. The number of para-hydroxylation sites is 3. The first-order chi connectivity index (χ1) is 30.2. The van der Waals surface area contributed by atoms with Crippen molar-refractivity contribution in [2.24, 2.45) is 0 Å². The van der Waals surface area contributed by atoms with E-state index in [1.807, 2.05) is 11.3 Å². The van der Waals surface area contributed by atoms with Crippen molar-refractivity contribution in [2.45, 2.75) is 0 Å². The normalized spacial score (nSPS) is 11.6. The molecule has 12 rings (SSSR count). The second-order valence-corrected chi connectivity index (χ2v) is 16.8. The van der Waals surface area contributed by atoms with Crippen LogP contribution in [0, 0.1) is 0 Å². The highest BCUT2D eigenvalue weighted by molar-refractivity contribution is 7.25. The van der Waals surface area contributed by atoms with E-state index in [1.54, 1.807) is 0 Å². The van der Waals surface area contributed by atoms with Gasteiger partial charge in [-0.05, 0) is 117 Å². The first-order valence-electron chi connectivity index (χ1n) is 20.8. The molecule has 0 fully saturated rings. The molecule has 61 heavy (non-hydrogen) atoms. The van der Waals surface area contributed by atoms with Crippen molar-refractivity contribution in [2.75, 3.05) is 4.90 Å². The highest BCUT2D eigenvalue weighted by Crippen LogP contribution is 2.43. The summed E-state index contributed by atoms with van der Waals surface area (Å²) in [5.74, 6) is 0. The van der Waals surface area contributed by atoms with E-state index in [0.29, 0.717) is 0 Å². The monoisotopic (exact) mass is 794 g/mol. The number of aromatic nitrogens is 1. The Morgan fingerprint density at radius 1 is 0.328 bits per heavy atom. The molecule has 2 heterocycles. The highest BCUT2D eigenvalue weighted by Gasteiger charge is 2.19. The average Bonchev–Trinajstić information content (AvgIpc) is 3.87. The van der Waals surface area contributed by atoms with Crippen LogP contribution in [0.2, 0.25) is 0 Å². The van der Waals surface area contributed by atoms with Crippen LogP contribution < -0.4 is 4.90 Å². The molecule has 0 N–H and O–H groups in total. The molecule has 286 valence electrons. The number of anilines is 3. The number of nitrogens with zero attached hydrogens (tertiary/aromatic N) is 2. The largest absolute Gasteiger partial charge is 0.310 e. The van der Waals surface area contributed by atoms with Gasteiger partial charge in [0.15, 0.2) is 0 Å². The lowest BCUT2D eigenvalue weighted by Crippen LogP contribution is -2.11. The first kappa shape index (κ1) is 35.2. The molecule has 0 radical (unpaired) electrons. The van der Waals surface area contributed by atoms with E-state index in [2.05, 4.69) is 240 Å². The lowest BCUT2D eigenvalue weighted by atomic mass is 9.98. The smallest absolute Gasteiger partial charge is 0.0547 e. The Kier molecular flexibility index (Phi) is 8.39. The fourth-order valence-electron chi connectivity index (χ4n) is 9.21. The van der Waals surface area contributed by atoms with Gasteiger partial charge in [0.05, 0.1) is 16.7 Å². The van der Waals surface area contributed by atoms with Crippen LogP contribution in [0.5, 0.6) is 0 Å². The molecule has 0 spiro atoms. The molecule has 0 atom stereocenters. The molecule has 0 saturated carbocycles. The van der Waals surface area contributed by atoms with E-state index in [0.717, 1.165) is 22.7 Å². The van der Waals surface area contributed by atoms with Gasteiger partial charge in [0.2, 0.25) is 0 Å². The fourth-order valence-corrected chi connectivity index (χ4v) is 10.3. The van der Waals surface area contributed by atoms with Crippen molar-refractivity contribution in [1.29, 1.82) is 0 Å². The Labute approximate surface area is 358 Å². The fraction of sp³-hybridized carbons (Fsp3) is 0. The topological polar surface area (TPSA) is 8.17 Å². The molecule has 2 nitrogen and oxygen atoms in total. The van der Waals surface area contributed by atoms with Gasteiger partial charge in [-0.1, -0.05) is 152 Å². The average molecular weight is 795 g/mol. The molecular formula is C58H38N2S. The number of rotatable bonds is 7. The number of hydrogen-bond acceptors (Lipinski definition) is 2. The molecule has 0 saturated heterocycles. The third-order valence-corrected chi connectivity index (χ3v) is 13.3. The summed E-state index contributed by atoms with van der Waals surface area (Å²) >= 11 is 1.86. The summed E-state index contributed by atoms with van der Waals surface area (Å²) in [5.41, 5.74) is 14.0. The van der Waals surface area contributed by atoms with E-state index in [-0.39, 0.29) is 0 Å². The van der Waals surface area contributed by atoms with Gasteiger partial charge in [-0.25, -0.2) is 0 Å². The van der Waals surface area contributed by atoms with Gasteiger partial charge in [0.25, 0.3) is 0 Å². The Morgan fingerprint density at radius 2 is 0.902 bits per heavy atom. The zero-order chi connectivity index (χ0) is 40.3. The van der Waals surface area contributed by atoms with E-state index >= 15 is 0 Å². The van der Waals surface area contributed by atoms with E-state index < -0.39 is 0 Å². The maximum Gasteiger partial charge on any atom is 0.0547 e. The third kappa shape index (κ3) is 6.09. The molecule has 2 aromatic heterocycles. The van der Waals surface area contributed by atoms with Crippen molar-refractivity contribution in [3.05, 3.63) is 231 Å². The quantitative estimate of drug-likeness (QED) is 0.156. The molecular weight excluding hydrogens is 757 g/mol. The highest BCUT2D eigenvalue weighted by atomic mass is 32.1. The van der Waals surface area contributed by atoms with Gasteiger partial charge in [0.1, 0.15) is 0 Å². The van der Waals surface area contributed by atoms with Crippen LogP contribution in [-0.4, -0.2) is 4.57 Å². The molecule has 0 aliphatic rings. The number of benzene rings is 10. The summed E-state index contributed by atoms with van der Waals surface area (Å²) in [6.07, 6.45) is 0. The summed E-state index contributed by atoms with van der Waals surface area (Å²) in [4.78, 5) is 2.41. The molecule has 12 aromatic rings. The minimum atomic E-state index is 1.09. The second kappa shape index (κ2) is 14.5. The zero-order valence-electron chi connectivity index (χ0n) is 33.2. The number of thiophene rings is 1. The van der Waals surface area contributed by atoms with Crippen molar-refractivity contribution in [3.8, 4) is 39.1 Å². The van der Waals surface area contributed by atoms with Gasteiger partial charge < -0.3 is 9.47 Å². The molecule has 10 aromatic carbocycles. The Hall–Kier alpha value is -7.72. The van der Waals surface area contributed by atoms with Gasteiger partial charge >= 0.3 is 0 Å².